The highest BCUT2D eigenvalue weighted by atomic mass is 13.9. The Labute approximate surface area is 248 Å². The van der Waals surface area contributed by atoms with Crippen LogP contribution in [0.1, 0.15) is 94.9 Å². The van der Waals surface area contributed by atoms with Gasteiger partial charge in [-0.3, -0.25) is 0 Å². The van der Waals surface area contributed by atoms with E-state index in [4.69, 9.17) is 0 Å². The smallest absolute Gasteiger partial charge is 0.0285 e. The molecule has 40 heavy (non-hydrogen) atoms. The van der Waals surface area contributed by atoms with Crippen LogP contribution in [0.4, 0.5) is 0 Å². The third-order valence-corrected chi connectivity index (χ3v) is 5.93. The van der Waals surface area contributed by atoms with Crippen molar-refractivity contribution in [2.75, 3.05) is 0 Å². The van der Waals surface area contributed by atoms with Gasteiger partial charge in [0.15, 0.2) is 0 Å². The van der Waals surface area contributed by atoms with Crippen LogP contribution in [0.5, 0.6) is 0 Å². The van der Waals surface area contributed by atoms with E-state index in [1.54, 1.807) is 0 Å². The Hall–Kier alpha value is -3.38. The van der Waals surface area contributed by atoms with Crippen LogP contribution in [0.2, 0.25) is 0 Å². The molecule has 216 valence electrons. The summed E-state index contributed by atoms with van der Waals surface area (Å²) in [6, 6.07) is 0. The summed E-state index contributed by atoms with van der Waals surface area (Å²) in [5.41, 5.74) is 10.5. The lowest BCUT2D eigenvalue weighted by Crippen LogP contribution is -1.76. The predicted molar refractivity (Wildman–Crippen MR) is 186 cm³/mol. The Balaban J connectivity index is 4.70. The summed E-state index contributed by atoms with van der Waals surface area (Å²) in [6.07, 6.45) is 43.3. The molecule has 0 aliphatic rings. The lowest BCUT2D eigenvalue weighted by Gasteiger charge is -1.96. The molecule has 0 unspecified atom stereocenters. The third kappa shape index (κ3) is 24.9. The van der Waals surface area contributed by atoms with E-state index < -0.39 is 0 Å². The fourth-order valence-electron chi connectivity index (χ4n) is 3.41. The first kappa shape index (κ1) is 36.6. The largest absolute Gasteiger partial charge is 0.0856 e. The quantitative estimate of drug-likeness (QED) is 0.136. The minimum atomic E-state index is 1.12. The maximum atomic E-state index is 2.30. The standard InChI is InChI=1S/C40H56/c1-33(2)19-13-23-37(7)27-17-31-39(9)29-15-25-35(5)21-11-12-22-36(6)26-16-30-40(10)32-18-28-38(8)24-14-20-34(3)4/h11-12,15-22,25-32H,13-14,23-24H2,1-10H3/b12-11-,25-15+,26-16+,31-17+,32-18+,35-21-,36-22+,37-27+,38-28+,39-29+,40-30+. The van der Waals surface area contributed by atoms with Gasteiger partial charge in [-0.05, 0) is 94.9 Å². The van der Waals surface area contributed by atoms with E-state index in [9.17, 15) is 0 Å². The molecule has 0 bridgehead atoms. The van der Waals surface area contributed by atoms with Crippen LogP contribution < -0.4 is 0 Å². The van der Waals surface area contributed by atoms with Crippen LogP contribution in [-0.2, 0) is 0 Å². The maximum absolute atomic E-state index is 2.30. The van der Waals surface area contributed by atoms with E-state index >= 15 is 0 Å². The first-order valence-electron chi connectivity index (χ1n) is 14.7. The van der Waals surface area contributed by atoms with E-state index in [1.165, 1.54) is 44.6 Å². The van der Waals surface area contributed by atoms with Gasteiger partial charge in [0.2, 0.25) is 0 Å². The molecule has 0 spiro atoms. The van der Waals surface area contributed by atoms with Gasteiger partial charge in [-0.1, -0.05) is 154 Å². The van der Waals surface area contributed by atoms with E-state index in [0.717, 1.165) is 25.7 Å². The van der Waals surface area contributed by atoms with Gasteiger partial charge in [0.1, 0.15) is 0 Å². The molecule has 0 saturated carbocycles. The Bertz CT molecular complexity index is 1050. The second kappa shape index (κ2) is 23.5. The number of allylic oxidation sites excluding steroid dienone is 26. The Morgan fingerprint density at radius 1 is 0.350 bits per heavy atom. The van der Waals surface area contributed by atoms with Gasteiger partial charge >= 0.3 is 0 Å². The highest BCUT2D eigenvalue weighted by Gasteiger charge is 1.88. The average molecular weight is 537 g/mol. The van der Waals surface area contributed by atoms with Crippen LogP contribution in [0.25, 0.3) is 0 Å². The predicted octanol–water partition coefficient (Wildman–Crippen LogP) is 12.9. The second-order valence-corrected chi connectivity index (χ2v) is 11.1. The van der Waals surface area contributed by atoms with Crippen molar-refractivity contribution in [2.24, 2.45) is 0 Å². The SMILES string of the molecule is CC(C)=CCC/C(C)=C/C=C/C(C)=C/C=C/C(C)=C\C=C/C=C(C)/C=C/C=C(C)/C=C/C=C(\C)CCC=C(C)C. The Morgan fingerprint density at radius 2 is 0.625 bits per heavy atom. The summed E-state index contributed by atoms with van der Waals surface area (Å²) in [5.74, 6) is 0. The maximum Gasteiger partial charge on any atom is -0.0285 e. The van der Waals surface area contributed by atoms with Gasteiger partial charge in [0.25, 0.3) is 0 Å². The first-order chi connectivity index (χ1) is 19.0. The van der Waals surface area contributed by atoms with E-state index in [0.29, 0.717) is 0 Å². The van der Waals surface area contributed by atoms with Gasteiger partial charge in [-0.15, -0.1) is 0 Å². The van der Waals surface area contributed by atoms with E-state index in [1.807, 2.05) is 0 Å². The van der Waals surface area contributed by atoms with Crippen molar-refractivity contribution in [3.8, 4) is 0 Å². The molecule has 0 aliphatic heterocycles. The average Bonchev–Trinajstić information content (AvgIpc) is 2.86. The van der Waals surface area contributed by atoms with Crippen LogP contribution >= 0.6 is 0 Å². The highest BCUT2D eigenvalue weighted by molar-refractivity contribution is 5.32. The summed E-state index contributed by atoms with van der Waals surface area (Å²) >= 11 is 0. The third-order valence-electron chi connectivity index (χ3n) is 5.93. The lowest BCUT2D eigenvalue weighted by molar-refractivity contribution is 0.967. The zero-order valence-corrected chi connectivity index (χ0v) is 27.2. The molecule has 0 nitrogen and oxygen atoms in total. The van der Waals surface area contributed by atoms with Crippen LogP contribution in [-0.4, -0.2) is 0 Å². The van der Waals surface area contributed by atoms with Crippen molar-refractivity contribution in [2.45, 2.75) is 94.9 Å². The molecule has 0 amide bonds. The topological polar surface area (TPSA) is 0 Å². The molecular formula is C40H56. The minimum absolute atomic E-state index is 1.12. The number of rotatable bonds is 16. The van der Waals surface area contributed by atoms with Crippen molar-refractivity contribution in [1.29, 1.82) is 0 Å². The number of hydrogen-bond donors (Lipinski definition) is 0. The Morgan fingerprint density at radius 3 is 0.925 bits per heavy atom. The van der Waals surface area contributed by atoms with Crippen molar-refractivity contribution in [3.05, 3.63) is 154 Å². The summed E-state index contributed by atoms with van der Waals surface area (Å²) in [5, 5.41) is 0. The molecule has 0 fully saturated rings. The number of hydrogen-bond acceptors (Lipinski definition) is 0. The summed E-state index contributed by atoms with van der Waals surface area (Å²) in [6.45, 7) is 21.5. The zero-order valence-electron chi connectivity index (χ0n) is 27.2. The summed E-state index contributed by atoms with van der Waals surface area (Å²) < 4.78 is 0. The molecule has 0 aliphatic carbocycles. The molecule has 0 saturated heterocycles. The van der Waals surface area contributed by atoms with E-state index in [2.05, 4.69) is 179 Å². The lowest BCUT2D eigenvalue weighted by atomic mass is 10.1. The van der Waals surface area contributed by atoms with E-state index in [-0.39, 0.29) is 0 Å². The normalized spacial score (nSPS) is 15.1. The highest BCUT2D eigenvalue weighted by Crippen LogP contribution is 2.09. The van der Waals surface area contributed by atoms with Gasteiger partial charge < -0.3 is 0 Å². The van der Waals surface area contributed by atoms with Gasteiger partial charge in [0, 0.05) is 0 Å². The fraction of sp³-hybridized carbons (Fsp3) is 0.350. The molecule has 0 N–H and O–H groups in total. The molecule has 0 rings (SSSR count). The Kier molecular flexibility index (Phi) is 21.5. The van der Waals surface area contributed by atoms with Crippen LogP contribution in [0, 0.1) is 0 Å². The fourth-order valence-corrected chi connectivity index (χ4v) is 3.41. The molecular weight excluding hydrogens is 480 g/mol. The van der Waals surface area contributed by atoms with Gasteiger partial charge in [0.05, 0.1) is 0 Å². The second-order valence-electron chi connectivity index (χ2n) is 11.1. The van der Waals surface area contributed by atoms with Crippen molar-refractivity contribution in [3.63, 3.8) is 0 Å². The molecule has 0 heteroatoms. The monoisotopic (exact) mass is 536 g/mol. The zero-order chi connectivity index (χ0) is 30.2. The first-order valence-corrected chi connectivity index (χ1v) is 14.7. The summed E-state index contributed by atoms with van der Waals surface area (Å²) in [7, 11) is 0. The minimum Gasteiger partial charge on any atom is -0.0856 e. The molecule has 0 aromatic heterocycles. The van der Waals surface area contributed by atoms with Crippen LogP contribution in [0.15, 0.2) is 154 Å². The molecule has 0 heterocycles. The van der Waals surface area contributed by atoms with Crippen molar-refractivity contribution < 1.29 is 0 Å². The van der Waals surface area contributed by atoms with Crippen molar-refractivity contribution >= 4 is 0 Å². The molecule has 0 aromatic rings. The van der Waals surface area contributed by atoms with Gasteiger partial charge in [-0.25, -0.2) is 0 Å². The van der Waals surface area contributed by atoms with Gasteiger partial charge in [-0.2, -0.15) is 0 Å². The van der Waals surface area contributed by atoms with Crippen LogP contribution in [0.3, 0.4) is 0 Å². The molecule has 0 atom stereocenters. The molecule has 0 radical (unpaired) electrons. The van der Waals surface area contributed by atoms with Crippen molar-refractivity contribution in [1.82, 2.24) is 0 Å². The summed E-state index contributed by atoms with van der Waals surface area (Å²) in [4.78, 5) is 0. The molecule has 0 aromatic carbocycles.